The lowest BCUT2D eigenvalue weighted by Gasteiger charge is -2.31. The van der Waals surface area contributed by atoms with E-state index < -0.39 is 6.10 Å². The summed E-state index contributed by atoms with van der Waals surface area (Å²) in [5.74, 6) is 0.860. The number of ether oxygens (including phenoxy) is 3. The van der Waals surface area contributed by atoms with Crippen molar-refractivity contribution in [2.75, 3.05) is 26.8 Å². The number of esters is 1. The molecule has 0 saturated heterocycles. The van der Waals surface area contributed by atoms with Gasteiger partial charge in [-0.15, -0.1) is 12.4 Å². The molecule has 1 atom stereocenters. The van der Waals surface area contributed by atoms with Gasteiger partial charge in [-0.05, 0) is 40.0 Å². The predicted molar refractivity (Wildman–Crippen MR) is 86.9 cm³/mol. The number of nitrogens with zero attached hydrogens (tertiary/aromatic N) is 1. The second kappa shape index (κ2) is 7.70. The van der Waals surface area contributed by atoms with E-state index in [0.717, 1.165) is 0 Å². The van der Waals surface area contributed by atoms with Crippen molar-refractivity contribution < 1.29 is 19.0 Å². The molecule has 1 heterocycles. The van der Waals surface area contributed by atoms with Crippen LogP contribution in [0, 0.1) is 0 Å². The van der Waals surface area contributed by atoms with Gasteiger partial charge in [0.05, 0.1) is 0 Å². The zero-order valence-electron chi connectivity index (χ0n) is 13.5. The number of carbonyl (C=O) groups is 1. The van der Waals surface area contributed by atoms with E-state index >= 15 is 0 Å². The lowest BCUT2D eigenvalue weighted by Crippen LogP contribution is -2.42. The van der Waals surface area contributed by atoms with Crippen molar-refractivity contribution in [2.45, 2.75) is 32.4 Å². The van der Waals surface area contributed by atoms with Crippen LogP contribution in [0.3, 0.4) is 0 Å². The lowest BCUT2D eigenvalue weighted by atomic mass is 10.1. The third-order valence-electron chi connectivity index (χ3n) is 3.59. The smallest absolute Gasteiger partial charge is 0.351 e. The fourth-order valence-electron chi connectivity index (χ4n) is 1.85. The lowest BCUT2D eigenvalue weighted by molar-refractivity contribution is -0.155. The molecule has 0 radical (unpaired) electrons. The zero-order valence-corrected chi connectivity index (χ0v) is 14.3. The van der Waals surface area contributed by atoms with Gasteiger partial charge in [0, 0.05) is 12.1 Å². The number of hydrogen-bond donors (Lipinski definition) is 0. The monoisotopic (exact) mass is 329 g/mol. The first kappa shape index (κ1) is 18.6. The second-order valence-corrected chi connectivity index (χ2v) is 6.12. The maximum absolute atomic E-state index is 12.0. The fraction of sp³-hybridized carbons (Fsp3) is 0.562. The van der Waals surface area contributed by atoms with E-state index in [1.165, 1.54) is 0 Å². The maximum atomic E-state index is 12.0. The molecule has 1 aliphatic heterocycles. The van der Waals surface area contributed by atoms with Gasteiger partial charge in [0.1, 0.15) is 13.2 Å². The summed E-state index contributed by atoms with van der Waals surface area (Å²) in [6, 6.07) is 7.30. The Balaban J connectivity index is 0.00000242. The van der Waals surface area contributed by atoms with Gasteiger partial charge >= 0.3 is 5.97 Å². The van der Waals surface area contributed by atoms with E-state index in [9.17, 15) is 4.79 Å². The zero-order chi connectivity index (χ0) is 15.5. The Hall–Kier alpha value is -1.46. The van der Waals surface area contributed by atoms with Crippen molar-refractivity contribution in [1.29, 1.82) is 0 Å². The fourth-order valence-corrected chi connectivity index (χ4v) is 1.85. The molecule has 0 bridgehead atoms. The molecular formula is C16H24ClNO4. The SMILES string of the molecule is CN(CCOC(=O)C1COc2ccccc2O1)C(C)(C)C.Cl. The van der Waals surface area contributed by atoms with Gasteiger partial charge in [0.2, 0.25) is 6.10 Å². The van der Waals surface area contributed by atoms with Crippen molar-refractivity contribution in [1.82, 2.24) is 4.90 Å². The van der Waals surface area contributed by atoms with Gasteiger partial charge in [0.15, 0.2) is 11.5 Å². The van der Waals surface area contributed by atoms with Gasteiger partial charge < -0.3 is 14.2 Å². The summed E-state index contributed by atoms with van der Waals surface area (Å²) in [6.45, 7) is 7.55. The Bertz CT molecular complexity index is 501. The summed E-state index contributed by atoms with van der Waals surface area (Å²) in [6.07, 6.45) is -0.695. The molecule has 1 unspecified atom stereocenters. The molecule has 0 amide bonds. The quantitative estimate of drug-likeness (QED) is 0.794. The molecule has 0 spiro atoms. The molecule has 0 saturated carbocycles. The minimum Gasteiger partial charge on any atom is -0.485 e. The number of para-hydroxylation sites is 2. The van der Waals surface area contributed by atoms with Crippen LogP contribution in [0.4, 0.5) is 0 Å². The summed E-state index contributed by atoms with van der Waals surface area (Å²) >= 11 is 0. The standard InChI is InChI=1S/C16H23NO4.ClH/c1-16(2,3)17(4)9-10-19-15(18)14-11-20-12-7-5-6-8-13(12)21-14;/h5-8,14H,9-11H2,1-4H3;1H. The van der Waals surface area contributed by atoms with Gasteiger partial charge in [-0.2, -0.15) is 0 Å². The molecule has 6 heteroatoms. The van der Waals surface area contributed by atoms with Crippen LogP contribution in [0.25, 0.3) is 0 Å². The molecule has 1 aromatic rings. The topological polar surface area (TPSA) is 48.0 Å². The van der Waals surface area contributed by atoms with E-state index in [2.05, 4.69) is 25.7 Å². The second-order valence-electron chi connectivity index (χ2n) is 6.12. The molecule has 22 heavy (non-hydrogen) atoms. The minimum absolute atomic E-state index is 0. The molecule has 1 aromatic carbocycles. The van der Waals surface area contributed by atoms with E-state index in [1.807, 2.05) is 25.2 Å². The predicted octanol–water partition coefficient (Wildman–Crippen LogP) is 2.52. The highest BCUT2D eigenvalue weighted by Gasteiger charge is 2.28. The molecule has 124 valence electrons. The van der Waals surface area contributed by atoms with Crippen molar-refractivity contribution >= 4 is 18.4 Å². The first-order valence-corrected chi connectivity index (χ1v) is 7.14. The third kappa shape index (κ3) is 4.78. The number of halogens is 1. The van der Waals surface area contributed by atoms with Crippen LogP contribution in [-0.2, 0) is 9.53 Å². The molecule has 1 aliphatic rings. The maximum Gasteiger partial charge on any atom is 0.351 e. The molecular weight excluding hydrogens is 306 g/mol. The van der Waals surface area contributed by atoms with E-state index in [-0.39, 0.29) is 30.5 Å². The van der Waals surface area contributed by atoms with Crippen LogP contribution in [0.5, 0.6) is 11.5 Å². The molecule has 0 aromatic heterocycles. The highest BCUT2D eigenvalue weighted by Crippen LogP contribution is 2.31. The third-order valence-corrected chi connectivity index (χ3v) is 3.59. The largest absolute Gasteiger partial charge is 0.485 e. The van der Waals surface area contributed by atoms with Crippen LogP contribution in [0.15, 0.2) is 24.3 Å². The van der Waals surface area contributed by atoms with E-state index in [4.69, 9.17) is 14.2 Å². The van der Waals surface area contributed by atoms with Gasteiger partial charge in [-0.1, -0.05) is 12.1 Å². The first-order valence-electron chi connectivity index (χ1n) is 7.14. The molecule has 0 N–H and O–H groups in total. The van der Waals surface area contributed by atoms with Crippen LogP contribution >= 0.6 is 12.4 Å². The summed E-state index contributed by atoms with van der Waals surface area (Å²) in [7, 11) is 2.00. The number of benzene rings is 1. The summed E-state index contributed by atoms with van der Waals surface area (Å²) < 4.78 is 16.4. The highest BCUT2D eigenvalue weighted by atomic mass is 35.5. The minimum atomic E-state index is -0.695. The van der Waals surface area contributed by atoms with Crippen LogP contribution in [-0.4, -0.2) is 49.3 Å². The average molecular weight is 330 g/mol. The van der Waals surface area contributed by atoms with Gasteiger partial charge in [-0.3, -0.25) is 4.90 Å². The number of rotatable bonds is 4. The summed E-state index contributed by atoms with van der Waals surface area (Å²) in [5.41, 5.74) is 0.0514. The number of fused-ring (bicyclic) bond motifs is 1. The number of likely N-dealkylation sites (N-methyl/N-ethyl adjacent to an activating group) is 1. The Labute approximate surface area is 137 Å². The average Bonchev–Trinajstić information content (AvgIpc) is 2.45. The van der Waals surface area contributed by atoms with Gasteiger partial charge in [0.25, 0.3) is 0 Å². The van der Waals surface area contributed by atoms with E-state index in [0.29, 0.717) is 24.7 Å². The van der Waals surface area contributed by atoms with Crippen molar-refractivity contribution in [3.8, 4) is 11.5 Å². The van der Waals surface area contributed by atoms with Gasteiger partial charge in [-0.25, -0.2) is 4.79 Å². The summed E-state index contributed by atoms with van der Waals surface area (Å²) in [4.78, 5) is 14.1. The van der Waals surface area contributed by atoms with Crippen molar-refractivity contribution in [3.63, 3.8) is 0 Å². The Kier molecular flexibility index (Phi) is 6.50. The molecule has 5 nitrogen and oxygen atoms in total. The van der Waals surface area contributed by atoms with E-state index in [1.54, 1.807) is 6.07 Å². The molecule has 0 fully saturated rings. The molecule has 2 rings (SSSR count). The van der Waals surface area contributed by atoms with Crippen LogP contribution < -0.4 is 9.47 Å². The molecule has 0 aliphatic carbocycles. The van der Waals surface area contributed by atoms with Crippen LogP contribution in [0.2, 0.25) is 0 Å². The van der Waals surface area contributed by atoms with Crippen LogP contribution in [0.1, 0.15) is 20.8 Å². The normalized spacial score (nSPS) is 16.9. The number of carbonyl (C=O) groups excluding carboxylic acids is 1. The summed E-state index contributed by atoms with van der Waals surface area (Å²) in [5, 5.41) is 0. The first-order chi connectivity index (χ1) is 9.88. The Morgan fingerprint density at radius 3 is 2.59 bits per heavy atom. The highest BCUT2D eigenvalue weighted by molar-refractivity contribution is 5.85. The van der Waals surface area contributed by atoms with Crippen molar-refractivity contribution in [3.05, 3.63) is 24.3 Å². The number of hydrogen-bond acceptors (Lipinski definition) is 5. The Morgan fingerprint density at radius 1 is 1.32 bits per heavy atom. The van der Waals surface area contributed by atoms with Crippen molar-refractivity contribution in [2.24, 2.45) is 0 Å². The Morgan fingerprint density at radius 2 is 1.95 bits per heavy atom.